The monoisotopic (exact) mass is 306 g/mol. The van der Waals surface area contributed by atoms with Crippen LogP contribution in [-0.4, -0.2) is 25.9 Å². The molecule has 0 aromatic rings. The number of rotatable bonds is 8. The molecule has 0 aromatic carbocycles. The van der Waals surface area contributed by atoms with Crippen LogP contribution in [0.4, 0.5) is 0 Å². The van der Waals surface area contributed by atoms with Crippen LogP contribution in [0.2, 0.25) is 0 Å². The van der Waals surface area contributed by atoms with Crippen LogP contribution in [0, 0.1) is 17.8 Å². The molecule has 2 aliphatic carbocycles. The van der Waals surface area contributed by atoms with Crippen molar-refractivity contribution in [2.45, 2.75) is 64.4 Å². The van der Waals surface area contributed by atoms with Crippen molar-refractivity contribution < 1.29 is 9.47 Å². The van der Waals surface area contributed by atoms with Crippen LogP contribution in [-0.2, 0) is 9.47 Å². The molecule has 0 unspecified atom stereocenters. The molecule has 0 aromatic heterocycles. The highest BCUT2D eigenvalue weighted by molar-refractivity contribution is 4.83. The lowest BCUT2D eigenvalue weighted by Crippen LogP contribution is -2.29. The van der Waals surface area contributed by atoms with E-state index in [1.54, 1.807) is 0 Å². The molecule has 0 saturated heterocycles. The van der Waals surface area contributed by atoms with Gasteiger partial charge >= 0.3 is 0 Å². The molecule has 0 N–H and O–H groups in total. The normalized spacial score (nSPS) is 33.1. The van der Waals surface area contributed by atoms with Gasteiger partial charge in [-0.15, -0.1) is 6.58 Å². The van der Waals surface area contributed by atoms with Gasteiger partial charge in [-0.05, 0) is 76.0 Å². The lowest BCUT2D eigenvalue weighted by molar-refractivity contribution is 0.0180. The first kappa shape index (κ1) is 17.7. The van der Waals surface area contributed by atoms with Crippen molar-refractivity contribution in [1.29, 1.82) is 0 Å². The van der Waals surface area contributed by atoms with Crippen LogP contribution >= 0.6 is 0 Å². The summed E-state index contributed by atoms with van der Waals surface area (Å²) in [6.07, 6.45) is 17.4. The number of hydrogen-bond acceptors (Lipinski definition) is 2. The summed E-state index contributed by atoms with van der Waals surface area (Å²) >= 11 is 0. The van der Waals surface area contributed by atoms with E-state index in [0.29, 0.717) is 12.7 Å². The van der Waals surface area contributed by atoms with E-state index in [4.69, 9.17) is 9.47 Å². The molecular formula is C20H34O2. The minimum Gasteiger partial charge on any atom is -0.377 e. The first-order chi connectivity index (χ1) is 10.8. The third-order valence-corrected chi connectivity index (χ3v) is 5.53. The van der Waals surface area contributed by atoms with Gasteiger partial charge in [0.05, 0.1) is 19.3 Å². The fourth-order valence-corrected chi connectivity index (χ4v) is 4.16. The van der Waals surface area contributed by atoms with Gasteiger partial charge < -0.3 is 9.47 Å². The maximum Gasteiger partial charge on any atom is 0.0651 e. The van der Waals surface area contributed by atoms with E-state index in [-0.39, 0.29) is 0 Å². The van der Waals surface area contributed by atoms with E-state index >= 15 is 0 Å². The average molecular weight is 306 g/mol. The van der Waals surface area contributed by atoms with Gasteiger partial charge in [0.25, 0.3) is 0 Å². The topological polar surface area (TPSA) is 18.5 Å². The van der Waals surface area contributed by atoms with Gasteiger partial charge in [-0.2, -0.15) is 0 Å². The fourth-order valence-electron chi connectivity index (χ4n) is 4.16. The Kier molecular flexibility index (Phi) is 8.25. The van der Waals surface area contributed by atoms with Gasteiger partial charge in [0.1, 0.15) is 0 Å². The molecule has 2 heteroatoms. The Hall–Kier alpha value is -0.600. The van der Waals surface area contributed by atoms with Gasteiger partial charge in [0, 0.05) is 6.61 Å². The molecule has 0 heterocycles. The Bertz CT molecular complexity index is 321. The smallest absolute Gasteiger partial charge is 0.0651 e. The molecule has 0 amide bonds. The number of ether oxygens (including phenoxy) is 2. The highest BCUT2D eigenvalue weighted by atomic mass is 16.5. The minimum absolute atomic E-state index is 0.510. The lowest BCUT2D eigenvalue weighted by atomic mass is 9.71. The third kappa shape index (κ3) is 5.89. The first-order valence-electron chi connectivity index (χ1n) is 9.24. The number of allylic oxidation sites excluding steroid dienone is 1. The number of hydrogen-bond donors (Lipinski definition) is 0. The molecule has 126 valence electrons. The Morgan fingerprint density at radius 3 is 2.14 bits per heavy atom. The predicted octanol–water partition coefficient (Wildman–Crippen LogP) is 5.15. The maximum absolute atomic E-state index is 5.92. The molecule has 0 aliphatic heterocycles. The van der Waals surface area contributed by atoms with E-state index in [1.807, 2.05) is 6.08 Å². The van der Waals surface area contributed by atoms with Gasteiger partial charge in [0.2, 0.25) is 0 Å². The summed E-state index contributed by atoms with van der Waals surface area (Å²) < 4.78 is 11.5. The van der Waals surface area contributed by atoms with Crippen molar-refractivity contribution in [2.24, 2.45) is 17.8 Å². The first-order valence-corrected chi connectivity index (χ1v) is 9.24. The Labute approximate surface area is 137 Å². The van der Waals surface area contributed by atoms with Crippen LogP contribution in [0.1, 0.15) is 58.3 Å². The minimum atomic E-state index is 0.510. The van der Waals surface area contributed by atoms with Crippen molar-refractivity contribution in [3.63, 3.8) is 0 Å². The summed E-state index contributed by atoms with van der Waals surface area (Å²) in [5.74, 6) is 2.71. The van der Waals surface area contributed by atoms with Crippen molar-refractivity contribution >= 4 is 0 Å². The van der Waals surface area contributed by atoms with E-state index in [0.717, 1.165) is 31.0 Å². The van der Waals surface area contributed by atoms with E-state index in [1.165, 1.54) is 51.4 Å². The summed E-state index contributed by atoms with van der Waals surface area (Å²) in [5, 5.41) is 0. The highest BCUT2D eigenvalue weighted by Gasteiger charge is 2.30. The highest BCUT2D eigenvalue weighted by Crippen LogP contribution is 2.40. The molecule has 2 saturated carbocycles. The van der Waals surface area contributed by atoms with Crippen LogP contribution in [0.25, 0.3) is 0 Å². The van der Waals surface area contributed by atoms with Crippen molar-refractivity contribution in [3.05, 3.63) is 24.8 Å². The zero-order valence-electron chi connectivity index (χ0n) is 14.3. The molecule has 2 fully saturated rings. The van der Waals surface area contributed by atoms with Crippen LogP contribution < -0.4 is 0 Å². The van der Waals surface area contributed by atoms with Gasteiger partial charge in [-0.25, -0.2) is 0 Å². The lowest BCUT2D eigenvalue weighted by Gasteiger charge is -2.37. The van der Waals surface area contributed by atoms with Gasteiger partial charge in [-0.3, -0.25) is 0 Å². The molecule has 0 spiro atoms. The Morgan fingerprint density at radius 2 is 1.55 bits per heavy atom. The molecule has 0 bridgehead atoms. The summed E-state index contributed by atoms with van der Waals surface area (Å²) in [4.78, 5) is 0. The van der Waals surface area contributed by atoms with Crippen LogP contribution in [0.5, 0.6) is 0 Å². The molecule has 2 aliphatic rings. The maximum atomic E-state index is 5.92. The zero-order valence-corrected chi connectivity index (χ0v) is 14.3. The zero-order chi connectivity index (χ0) is 15.6. The largest absolute Gasteiger partial charge is 0.377 e. The summed E-state index contributed by atoms with van der Waals surface area (Å²) in [6, 6.07) is 0. The van der Waals surface area contributed by atoms with Gasteiger partial charge in [-0.1, -0.05) is 18.2 Å². The van der Waals surface area contributed by atoms with Crippen molar-refractivity contribution in [1.82, 2.24) is 0 Å². The van der Waals surface area contributed by atoms with Crippen molar-refractivity contribution in [2.75, 3.05) is 19.8 Å². The molecule has 0 radical (unpaired) electrons. The molecule has 22 heavy (non-hydrogen) atoms. The van der Waals surface area contributed by atoms with E-state index < -0.39 is 0 Å². The van der Waals surface area contributed by atoms with Crippen LogP contribution in [0.3, 0.4) is 0 Å². The second kappa shape index (κ2) is 10.2. The quantitative estimate of drug-likeness (QED) is 0.456. The molecule has 2 nitrogen and oxygen atoms in total. The average Bonchev–Trinajstić information content (AvgIpc) is 2.57. The predicted molar refractivity (Wildman–Crippen MR) is 93.0 cm³/mol. The third-order valence-electron chi connectivity index (χ3n) is 5.53. The molecule has 2 rings (SSSR count). The van der Waals surface area contributed by atoms with Crippen molar-refractivity contribution in [3.8, 4) is 0 Å². The van der Waals surface area contributed by atoms with E-state index in [2.05, 4.69) is 25.7 Å². The Balaban J connectivity index is 1.61. The van der Waals surface area contributed by atoms with Crippen LogP contribution in [0.15, 0.2) is 24.8 Å². The molecule has 0 atom stereocenters. The Morgan fingerprint density at radius 1 is 0.909 bits per heavy atom. The fraction of sp³-hybridized carbons (Fsp3) is 0.800. The SMILES string of the molecule is C=CCOC[C@H]1CC[C@H]([C@H]2CC[C@H](OCC=CC)CC2)CC1. The summed E-state index contributed by atoms with van der Waals surface area (Å²) in [7, 11) is 0. The second-order valence-corrected chi connectivity index (χ2v) is 7.05. The van der Waals surface area contributed by atoms with E-state index in [9.17, 15) is 0 Å². The van der Waals surface area contributed by atoms with Gasteiger partial charge in [0.15, 0.2) is 0 Å². The molecular weight excluding hydrogens is 272 g/mol. The second-order valence-electron chi connectivity index (χ2n) is 7.05. The summed E-state index contributed by atoms with van der Waals surface area (Å²) in [5.41, 5.74) is 0. The standard InChI is InChI=1S/C20H34O2/c1-3-5-15-22-20-12-10-19(11-13-20)18-8-6-17(7-9-18)16-21-14-4-2/h3-5,17-20H,2,6-16H2,1H3/t17-,18-,19-,20-. The summed E-state index contributed by atoms with van der Waals surface area (Å²) in [6.45, 7) is 8.20.